The van der Waals surface area contributed by atoms with E-state index in [1.165, 1.54) is 5.56 Å². The fraction of sp³-hybridized carbons (Fsp3) is 0.435. The summed E-state index contributed by atoms with van der Waals surface area (Å²) in [5.41, 5.74) is 3.07. The van der Waals surface area contributed by atoms with E-state index in [1.807, 2.05) is 36.4 Å². The third-order valence-corrected chi connectivity index (χ3v) is 6.80. The summed E-state index contributed by atoms with van der Waals surface area (Å²) in [6.07, 6.45) is 2.30. The number of piperazine rings is 1. The molecular weight excluding hydrogens is 421 g/mol. The number of hydrogen-bond donors (Lipinski definition) is 1. The molecule has 4 rings (SSSR count). The monoisotopic (exact) mass is 447 g/mol. The van der Waals surface area contributed by atoms with Gasteiger partial charge in [0.05, 0.1) is 22.3 Å². The molecule has 1 N–H and O–H groups in total. The number of carbonyl (C=O) groups is 1. The molecule has 2 aromatic rings. The van der Waals surface area contributed by atoms with Crippen molar-refractivity contribution in [2.24, 2.45) is 0 Å². The van der Waals surface area contributed by atoms with Crippen LogP contribution in [-0.4, -0.2) is 49.6 Å². The molecule has 0 aliphatic carbocycles. The maximum atomic E-state index is 11.6. The summed E-state index contributed by atoms with van der Waals surface area (Å²) >= 11 is 12.5. The third kappa shape index (κ3) is 4.85. The molecule has 0 bridgehead atoms. The highest BCUT2D eigenvalue weighted by atomic mass is 35.5. The molecule has 1 fully saturated rings. The van der Waals surface area contributed by atoms with E-state index in [-0.39, 0.29) is 5.91 Å². The van der Waals surface area contributed by atoms with Crippen molar-refractivity contribution >= 4 is 40.5 Å². The minimum absolute atomic E-state index is 0.0754. The number of benzene rings is 2. The van der Waals surface area contributed by atoms with E-state index in [2.05, 4.69) is 22.0 Å². The Hall–Kier alpha value is -1.95. The Morgan fingerprint density at radius 1 is 1.10 bits per heavy atom. The Bertz CT molecular complexity index is 913. The number of aryl methyl sites for hydroxylation is 1. The quantitative estimate of drug-likeness (QED) is 0.686. The predicted molar refractivity (Wildman–Crippen MR) is 123 cm³/mol. The molecule has 2 heterocycles. The van der Waals surface area contributed by atoms with Crippen LogP contribution in [0.1, 0.15) is 25.3 Å². The van der Waals surface area contributed by atoms with Gasteiger partial charge in [0.1, 0.15) is 5.75 Å². The summed E-state index contributed by atoms with van der Waals surface area (Å²) in [5, 5.41) is 4.16. The van der Waals surface area contributed by atoms with Crippen LogP contribution < -0.4 is 15.0 Å². The molecular formula is C23H27Cl2N3O2. The third-order valence-electron chi connectivity index (χ3n) is 5.99. The van der Waals surface area contributed by atoms with Gasteiger partial charge in [-0.1, -0.05) is 35.3 Å². The number of rotatable bonds is 6. The zero-order chi connectivity index (χ0) is 21.1. The van der Waals surface area contributed by atoms with Crippen molar-refractivity contribution in [2.75, 3.05) is 43.0 Å². The van der Waals surface area contributed by atoms with Crippen LogP contribution >= 0.6 is 23.2 Å². The summed E-state index contributed by atoms with van der Waals surface area (Å²) in [6, 6.07) is 12.2. The van der Waals surface area contributed by atoms with E-state index in [0.29, 0.717) is 29.1 Å². The number of nitrogens with one attached hydrogen (secondary N) is 1. The molecule has 7 heteroatoms. The van der Waals surface area contributed by atoms with Gasteiger partial charge in [-0.2, -0.15) is 0 Å². The van der Waals surface area contributed by atoms with Crippen LogP contribution in [0.5, 0.6) is 5.75 Å². The van der Waals surface area contributed by atoms with Gasteiger partial charge in [-0.3, -0.25) is 9.69 Å². The molecule has 1 saturated heterocycles. The van der Waals surface area contributed by atoms with Crippen molar-refractivity contribution in [1.29, 1.82) is 0 Å². The molecule has 160 valence electrons. The highest BCUT2D eigenvalue weighted by Gasteiger charge is 2.23. The Morgan fingerprint density at radius 3 is 2.70 bits per heavy atom. The average Bonchev–Trinajstić information content (AvgIpc) is 2.75. The number of fused-ring (bicyclic) bond motifs is 1. The maximum Gasteiger partial charge on any atom is 0.224 e. The van der Waals surface area contributed by atoms with Gasteiger partial charge in [0.25, 0.3) is 0 Å². The van der Waals surface area contributed by atoms with Crippen LogP contribution in [0.25, 0.3) is 0 Å². The van der Waals surface area contributed by atoms with E-state index < -0.39 is 0 Å². The second-order valence-corrected chi connectivity index (χ2v) is 8.73. The minimum Gasteiger partial charge on any atom is -0.493 e. The molecule has 2 aromatic carbocycles. The zero-order valence-electron chi connectivity index (χ0n) is 17.2. The second kappa shape index (κ2) is 9.46. The Balaban J connectivity index is 1.25. The fourth-order valence-corrected chi connectivity index (χ4v) is 4.53. The van der Waals surface area contributed by atoms with E-state index in [0.717, 1.165) is 56.1 Å². The number of ether oxygens (including phenoxy) is 1. The fourth-order valence-electron chi connectivity index (χ4n) is 4.11. The summed E-state index contributed by atoms with van der Waals surface area (Å²) in [5.74, 6) is 0.884. The molecule has 1 unspecified atom stereocenters. The Morgan fingerprint density at radius 2 is 1.90 bits per heavy atom. The van der Waals surface area contributed by atoms with Gasteiger partial charge in [-0.15, -0.1) is 0 Å². The van der Waals surface area contributed by atoms with E-state index in [1.54, 1.807) is 0 Å². The predicted octanol–water partition coefficient (Wildman–Crippen LogP) is 4.86. The molecule has 0 radical (unpaired) electrons. The zero-order valence-corrected chi connectivity index (χ0v) is 18.7. The second-order valence-electron chi connectivity index (χ2n) is 7.95. The van der Waals surface area contributed by atoms with Crippen molar-refractivity contribution < 1.29 is 9.53 Å². The minimum atomic E-state index is 0.0754. The van der Waals surface area contributed by atoms with Crippen LogP contribution in [0, 0.1) is 0 Å². The molecule has 0 aromatic heterocycles. The van der Waals surface area contributed by atoms with Crippen molar-refractivity contribution in [1.82, 2.24) is 4.90 Å². The van der Waals surface area contributed by atoms with Gasteiger partial charge in [-0.25, -0.2) is 0 Å². The maximum absolute atomic E-state index is 11.6. The van der Waals surface area contributed by atoms with Crippen molar-refractivity contribution in [3.63, 3.8) is 0 Å². The molecule has 2 aliphatic rings. The lowest BCUT2D eigenvalue weighted by Crippen LogP contribution is -2.50. The molecule has 0 saturated carbocycles. The average molecular weight is 448 g/mol. The van der Waals surface area contributed by atoms with E-state index in [9.17, 15) is 4.79 Å². The standard InChI is InChI=1S/C23H27Cl2N3O2/c1-16(9-14-30-18-7-5-17-6-8-22(29)26-20(17)15-18)27-10-12-28(13-11-27)21-4-2-3-19(24)23(21)25/h2-5,7,15-16H,6,8-14H2,1H3,(H,26,29). The summed E-state index contributed by atoms with van der Waals surface area (Å²) in [4.78, 5) is 16.4. The molecule has 0 spiro atoms. The molecule has 5 nitrogen and oxygen atoms in total. The number of halogens is 2. The van der Waals surface area contributed by atoms with Gasteiger partial charge >= 0.3 is 0 Å². The Labute approximate surface area is 187 Å². The van der Waals surface area contributed by atoms with Gasteiger partial charge in [0.2, 0.25) is 5.91 Å². The normalized spacial score (nSPS) is 18.0. The molecule has 30 heavy (non-hydrogen) atoms. The van der Waals surface area contributed by atoms with Crippen molar-refractivity contribution in [2.45, 2.75) is 32.2 Å². The van der Waals surface area contributed by atoms with Crippen LogP contribution in [0.3, 0.4) is 0 Å². The lowest BCUT2D eigenvalue weighted by Gasteiger charge is -2.39. The van der Waals surface area contributed by atoms with Crippen LogP contribution in [-0.2, 0) is 11.2 Å². The highest BCUT2D eigenvalue weighted by molar-refractivity contribution is 6.43. The van der Waals surface area contributed by atoms with Crippen LogP contribution in [0.2, 0.25) is 10.0 Å². The first-order valence-corrected chi connectivity index (χ1v) is 11.3. The first-order valence-electron chi connectivity index (χ1n) is 10.5. The number of nitrogens with zero attached hydrogens (tertiary/aromatic N) is 2. The van der Waals surface area contributed by atoms with Gasteiger partial charge in [-0.05, 0) is 43.5 Å². The highest BCUT2D eigenvalue weighted by Crippen LogP contribution is 2.33. The van der Waals surface area contributed by atoms with Crippen molar-refractivity contribution in [3.05, 3.63) is 52.0 Å². The van der Waals surface area contributed by atoms with Crippen LogP contribution in [0.15, 0.2) is 36.4 Å². The van der Waals surface area contributed by atoms with Gasteiger partial charge in [0, 0.05) is 50.4 Å². The lowest BCUT2D eigenvalue weighted by molar-refractivity contribution is -0.116. The van der Waals surface area contributed by atoms with Gasteiger partial charge in [0.15, 0.2) is 0 Å². The Kier molecular flexibility index (Phi) is 6.71. The first-order chi connectivity index (χ1) is 14.5. The summed E-state index contributed by atoms with van der Waals surface area (Å²) in [7, 11) is 0. The largest absolute Gasteiger partial charge is 0.493 e. The molecule has 2 aliphatic heterocycles. The number of anilines is 2. The first kappa shape index (κ1) is 21.3. The van der Waals surface area contributed by atoms with Crippen LogP contribution in [0.4, 0.5) is 11.4 Å². The van der Waals surface area contributed by atoms with Gasteiger partial charge < -0.3 is 15.0 Å². The number of hydrogen-bond acceptors (Lipinski definition) is 4. The van der Waals surface area contributed by atoms with E-state index in [4.69, 9.17) is 27.9 Å². The summed E-state index contributed by atoms with van der Waals surface area (Å²) < 4.78 is 5.97. The number of amides is 1. The smallest absolute Gasteiger partial charge is 0.224 e. The lowest BCUT2D eigenvalue weighted by atomic mass is 10.0. The SMILES string of the molecule is CC(CCOc1ccc2c(c1)NC(=O)CC2)N1CCN(c2cccc(Cl)c2Cl)CC1. The summed E-state index contributed by atoms with van der Waals surface area (Å²) in [6.45, 7) is 6.71. The van der Waals surface area contributed by atoms with Crippen molar-refractivity contribution in [3.8, 4) is 5.75 Å². The number of carbonyl (C=O) groups excluding carboxylic acids is 1. The molecule has 1 amide bonds. The molecule has 1 atom stereocenters. The topological polar surface area (TPSA) is 44.8 Å². The van der Waals surface area contributed by atoms with E-state index >= 15 is 0 Å².